The molecule has 2 aromatic rings. The molecule has 0 aliphatic rings. The molecule has 116 valence electrons. The average molecular weight is 306 g/mol. The minimum absolute atomic E-state index is 0.667. The zero-order valence-corrected chi connectivity index (χ0v) is 14.3. The van der Waals surface area contributed by atoms with Gasteiger partial charge in [0.05, 0.1) is 5.39 Å². The van der Waals surface area contributed by atoms with Gasteiger partial charge >= 0.3 is 0 Å². The van der Waals surface area contributed by atoms with Gasteiger partial charge in [-0.1, -0.05) is 27.2 Å². The number of fused-ring (bicyclic) bond motifs is 1. The van der Waals surface area contributed by atoms with Gasteiger partial charge in [-0.2, -0.15) is 4.98 Å². The monoisotopic (exact) mass is 306 g/mol. The van der Waals surface area contributed by atoms with Crippen LogP contribution in [0.2, 0.25) is 0 Å². The van der Waals surface area contributed by atoms with Crippen molar-refractivity contribution in [2.24, 2.45) is 5.92 Å². The van der Waals surface area contributed by atoms with Crippen LogP contribution in [0.15, 0.2) is 11.4 Å². The zero-order valence-electron chi connectivity index (χ0n) is 13.5. The van der Waals surface area contributed by atoms with Gasteiger partial charge in [-0.15, -0.1) is 11.3 Å². The second-order valence-electron chi connectivity index (χ2n) is 5.49. The molecule has 5 heteroatoms. The summed E-state index contributed by atoms with van der Waals surface area (Å²) in [5.74, 6) is 2.49. The highest BCUT2D eigenvalue weighted by molar-refractivity contribution is 7.16. The molecule has 0 saturated heterocycles. The Morgan fingerprint density at radius 3 is 2.76 bits per heavy atom. The van der Waals surface area contributed by atoms with Crippen molar-refractivity contribution in [1.29, 1.82) is 0 Å². The third-order valence-corrected chi connectivity index (χ3v) is 4.55. The van der Waals surface area contributed by atoms with E-state index in [1.807, 2.05) is 0 Å². The van der Waals surface area contributed by atoms with Gasteiger partial charge < -0.3 is 10.2 Å². The number of nitrogens with zero attached hydrogens (tertiary/aromatic N) is 3. The summed E-state index contributed by atoms with van der Waals surface area (Å²) in [5, 5.41) is 6.59. The first-order valence-corrected chi connectivity index (χ1v) is 8.81. The van der Waals surface area contributed by atoms with E-state index in [-0.39, 0.29) is 0 Å². The van der Waals surface area contributed by atoms with Crippen LogP contribution in [0.4, 0.5) is 11.8 Å². The Hall–Kier alpha value is -1.36. The van der Waals surface area contributed by atoms with E-state index in [1.54, 1.807) is 11.3 Å². The minimum Gasteiger partial charge on any atom is -0.356 e. The van der Waals surface area contributed by atoms with Crippen LogP contribution in [0.5, 0.6) is 0 Å². The van der Waals surface area contributed by atoms with Crippen molar-refractivity contribution < 1.29 is 0 Å². The molecular weight excluding hydrogens is 280 g/mol. The summed E-state index contributed by atoms with van der Waals surface area (Å²) in [6, 6.07) is 2.14. The van der Waals surface area contributed by atoms with Crippen molar-refractivity contribution in [3.8, 4) is 0 Å². The molecule has 0 amide bonds. The Morgan fingerprint density at radius 1 is 1.29 bits per heavy atom. The molecule has 2 aromatic heterocycles. The van der Waals surface area contributed by atoms with Crippen LogP contribution < -0.4 is 10.2 Å². The van der Waals surface area contributed by atoms with E-state index in [0.29, 0.717) is 5.92 Å². The molecule has 0 aliphatic heterocycles. The third kappa shape index (κ3) is 3.84. The third-order valence-electron chi connectivity index (χ3n) is 3.75. The van der Waals surface area contributed by atoms with Crippen LogP contribution in [0.3, 0.4) is 0 Å². The maximum absolute atomic E-state index is 4.78. The SMILES string of the molecule is CCCNc1nc(N(CC)CC(C)CC)c2ccsc2n1. The van der Waals surface area contributed by atoms with E-state index in [0.717, 1.165) is 42.7 Å². The van der Waals surface area contributed by atoms with Crippen molar-refractivity contribution in [2.75, 3.05) is 29.9 Å². The fourth-order valence-corrected chi connectivity index (χ4v) is 3.03. The van der Waals surface area contributed by atoms with Crippen molar-refractivity contribution in [3.05, 3.63) is 11.4 Å². The molecule has 1 unspecified atom stereocenters. The van der Waals surface area contributed by atoms with Gasteiger partial charge in [-0.3, -0.25) is 0 Å². The highest BCUT2D eigenvalue weighted by Gasteiger charge is 2.16. The number of anilines is 2. The van der Waals surface area contributed by atoms with Crippen LogP contribution >= 0.6 is 11.3 Å². The summed E-state index contributed by atoms with van der Waals surface area (Å²) < 4.78 is 0. The summed E-state index contributed by atoms with van der Waals surface area (Å²) in [5.41, 5.74) is 0. The molecule has 1 atom stereocenters. The van der Waals surface area contributed by atoms with Crippen LogP contribution in [-0.4, -0.2) is 29.6 Å². The largest absolute Gasteiger partial charge is 0.356 e. The maximum atomic E-state index is 4.78. The molecule has 2 rings (SSSR count). The molecule has 0 saturated carbocycles. The van der Waals surface area contributed by atoms with E-state index in [2.05, 4.69) is 54.3 Å². The average Bonchev–Trinajstić information content (AvgIpc) is 2.97. The molecule has 0 spiro atoms. The molecule has 1 N–H and O–H groups in total. The predicted octanol–water partition coefficient (Wildman–Crippen LogP) is 4.39. The molecular formula is C16H26N4S. The lowest BCUT2D eigenvalue weighted by Crippen LogP contribution is -2.29. The molecule has 0 aliphatic carbocycles. The quantitative estimate of drug-likeness (QED) is 0.785. The molecule has 0 bridgehead atoms. The van der Waals surface area contributed by atoms with Gasteiger partial charge in [-0.05, 0) is 30.7 Å². The maximum Gasteiger partial charge on any atom is 0.226 e. The summed E-state index contributed by atoms with van der Waals surface area (Å²) in [6.07, 6.45) is 2.26. The summed E-state index contributed by atoms with van der Waals surface area (Å²) in [4.78, 5) is 12.8. The second-order valence-corrected chi connectivity index (χ2v) is 6.38. The summed E-state index contributed by atoms with van der Waals surface area (Å²) in [6.45, 7) is 11.8. The molecule has 0 aromatic carbocycles. The standard InChI is InChI=1S/C16H26N4S/c1-5-9-17-16-18-14(13-8-10-21-15(13)19-16)20(7-3)11-12(4)6-2/h8,10,12H,5-7,9,11H2,1-4H3,(H,17,18,19). The van der Waals surface area contributed by atoms with Gasteiger partial charge in [0.1, 0.15) is 10.6 Å². The molecule has 21 heavy (non-hydrogen) atoms. The molecule has 0 radical (unpaired) electrons. The van der Waals surface area contributed by atoms with E-state index < -0.39 is 0 Å². The fourth-order valence-electron chi connectivity index (χ4n) is 2.27. The van der Waals surface area contributed by atoms with Gasteiger partial charge in [0.15, 0.2) is 0 Å². The number of hydrogen-bond acceptors (Lipinski definition) is 5. The number of hydrogen-bond donors (Lipinski definition) is 1. The van der Waals surface area contributed by atoms with Gasteiger partial charge in [0, 0.05) is 19.6 Å². The number of thiophene rings is 1. The Balaban J connectivity index is 2.36. The Bertz CT molecular complexity index is 566. The normalized spacial score (nSPS) is 12.6. The highest BCUT2D eigenvalue weighted by Crippen LogP contribution is 2.29. The minimum atomic E-state index is 0.667. The number of rotatable bonds is 8. The van der Waals surface area contributed by atoms with Gasteiger partial charge in [-0.25, -0.2) is 4.98 Å². The van der Waals surface area contributed by atoms with E-state index in [1.165, 1.54) is 11.8 Å². The van der Waals surface area contributed by atoms with Crippen LogP contribution in [0, 0.1) is 5.92 Å². The lowest BCUT2D eigenvalue weighted by Gasteiger charge is -2.26. The Kier molecular flexibility index (Phi) is 5.79. The van der Waals surface area contributed by atoms with Crippen molar-refractivity contribution in [1.82, 2.24) is 9.97 Å². The van der Waals surface area contributed by atoms with Crippen LogP contribution in [-0.2, 0) is 0 Å². The van der Waals surface area contributed by atoms with Gasteiger partial charge in [0.25, 0.3) is 0 Å². The smallest absolute Gasteiger partial charge is 0.226 e. The molecule has 2 heterocycles. The zero-order chi connectivity index (χ0) is 15.2. The van der Waals surface area contributed by atoms with E-state index >= 15 is 0 Å². The topological polar surface area (TPSA) is 41.1 Å². The van der Waals surface area contributed by atoms with Crippen molar-refractivity contribution in [2.45, 2.75) is 40.5 Å². The first kappa shape index (κ1) is 16.0. The first-order chi connectivity index (χ1) is 10.2. The van der Waals surface area contributed by atoms with Gasteiger partial charge in [0.2, 0.25) is 5.95 Å². The summed E-state index contributed by atoms with van der Waals surface area (Å²) in [7, 11) is 0. The Morgan fingerprint density at radius 2 is 2.10 bits per heavy atom. The van der Waals surface area contributed by atoms with Crippen LogP contribution in [0.1, 0.15) is 40.5 Å². The molecule has 4 nitrogen and oxygen atoms in total. The lowest BCUT2D eigenvalue weighted by molar-refractivity contribution is 0.546. The van der Waals surface area contributed by atoms with Crippen molar-refractivity contribution >= 4 is 33.3 Å². The first-order valence-electron chi connectivity index (χ1n) is 7.93. The Labute approximate surface area is 131 Å². The second kappa shape index (κ2) is 7.59. The lowest BCUT2D eigenvalue weighted by atomic mass is 10.1. The van der Waals surface area contributed by atoms with Crippen LogP contribution in [0.25, 0.3) is 10.2 Å². The van der Waals surface area contributed by atoms with E-state index in [4.69, 9.17) is 4.98 Å². The predicted molar refractivity (Wildman–Crippen MR) is 93.5 cm³/mol. The highest BCUT2D eigenvalue weighted by atomic mass is 32.1. The summed E-state index contributed by atoms with van der Waals surface area (Å²) >= 11 is 1.68. The van der Waals surface area contributed by atoms with Crippen molar-refractivity contribution in [3.63, 3.8) is 0 Å². The number of nitrogens with one attached hydrogen (secondary N) is 1. The molecule has 0 fully saturated rings. The fraction of sp³-hybridized carbons (Fsp3) is 0.625. The number of aromatic nitrogens is 2. The van der Waals surface area contributed by atoms with E-state index in [9.17, 15) is 0 Å².